The number of nitrogens with one attached hydrogen (secondary N) is 1. The third kappa shape index (κ3) is 2.86. The molecule has 0 radical (unpaired) electrons. The number of aromatic nitrogens is 1. The standard InChI is InChI=1S/C12H7BrClFN2O/c13-8-6-7(3-4-10(8)15)12(18)17-11-9(14)2-1-5-16-11/h1-6H,(H,16,17,18). The lowest BCUT2D eigenvalue weighted by atomic mass is 10.2. The second-order valence-electron chi connectivity index (χ2n) is 3.42. The molecule has 0 saturated heterocycles. The molecule has 0 unspecified atom stereocenters. The molecule has 1 aromatic heterocycles. The van der Waals surface area contributed by atoms with Crippen LogP contribution in [0.3, 0.4) is 0 Å². The van der Waals surface area contributed by atoms with Crippen molar-refractivity contribution >= 4 is 39.3 Å². The SMILES string of the molecule is O=C(Nc1ncccc1Cl)c1ccc(F)c(Br)c1. The first-order valence-corrected chi connectivity index (χ1v) is 6.12. The van der Waals surface area contributed by atoms with Gasteiger partial charge >= 0.3 is 0 Å². The molecule has 0 fully saturated rings. The van der Waals surface area contributed by atoms with E-state index < -0.39 is 11.7 Å². The van der Waals surface area contributed by atoms with Crippen LogP contribution in [0.4, 0.5) is 10.2 Å². The zero-order chi connectivity index (χ0) is 13.1. The van der Waals surface area contributed by atoms with E-state index in [4.69, 9.17) is 11.6 Å². The largest absolute Gasteiger partial charge is 0.305 e. The smallest absolute Gasteiger partial charge is 0.256 e. The van der Waals surface area contributed by atoms with E-state index in [2.05, 4.69) is 26.2 Å². The predicted octanol–water partition coefficient (Wildman–Crippen LogP) is 3.89. The van der Waals surface area contributed by atoms with Gasteiger partial charge in [-0.05, 0) is 46.3 Å². The fraction of sp³-hybridized carbons (Fsp3) is 0. The van der Waals surface area contributed by atoms with Crippen LogP contribution in [0.5, 0.6) is 0 Å². The number of nitrogens with zero attached hydrogens (tertiary/aromatic N) is 1. The second-order valence-corrected chi connectivity index (χ2v) is 4.68. The fourth-order valence-corrected chi connectivity index (χ4v) is 1.84. The molecular weight excluding hydrogens is 322 g/mol. The minimum Gasteiger partial charge on any atom is -0.305 e. The van der Waals surface area contributed by atoms with Crippen molar-refractivity contribution in [2.75, 3.05) is 5.32 Å². The first kappa shape index (κ1) is 13.0. The van der Waals surface area contributed by atoms with Crippen LogP contribution in [-0.4, -0.2) is 10.9 Å². The zero-order valence-electron chi connectivity index (χ0n) is 8.95. The topological polar surface area (TPSA) is 42.0 Å². The normalized spacial score (nSPS) is 10.2. The van der Waals surface area contributed by atoms with Gasteiger partial charge in [0, 0.05) is 11.8 Å². The molecule has 0 aliphatic carbocycles. The highest BCUT2D eigenvalue weighted by molar-refractivity contribution is 9.10. The highest BCUT2D eigenvalue weighted by Gasteiger charge is 2.10. The summed E-state index contributed by atoms with van der Waals surface area (Å²) in [6.07, 6.45) is 1.52. The minimum absolute atomic E-state index is 0.224. The number of benzene rings is 1. The maximum atomic E-state index is 13.0. The lowest BCUT2D eigenvalue weighted by molar-refractivity contribution is 0.102. The first-order chi connectivity index (χ1) is 8.58. The summed E-state index contributed by atoms with van der Waals surface area (Å²) in [6, 6.07) is 7.25. The van der Waals surface area contributed by atoms with E-state index in [1.54, 1.807) is 12.1 Å². The van der Waals surface area contributed by atoms with Crippen LogP contribution in [0, 0.1) is 5.82 Å². The molecule has 0 spiro atoms. The maximum absolute atomic E-state index is 13.0. The number of hydrogen-bond acceptors (Lipinski definition) is 2. The molecule has 1 aromatic carbocycles. The van der Waals surface area contributed by atoms with Gasteiger partial charge in [-0.3, -0.25) is 4.79 Å². The third-order valence-electron chi connectivity index (χ3n) is 2.17. The molecule has 0 atom stereocenters. The molecule has 0 bridgehead atoms. The van der Waals surface area contributed by atoms with Crippen LogP contribution in [0.15, 0.2) is 41.0 Å². The molecule has 6 heteroatoms. The Morgan fingerprint density at radius 3 is 2.83 bits per heavy atom. The lowest BCUT2D eigenvalue weighted by Gasteiger charge is -2.06. The summed E-state index contributed by atoms with van der Waals surface area (Å²) in [4.78, 5) is 15.8. The Bertz CT molecular complexity index is 606. The van der Waals surface area contributed by atoms with Gasteiger partial charge in [0.15, 0.2) is 5.82 Å². The van der Waals surface area contributed by atoms with Crippen molar-refractivity contribution in [2.45, 2.75) is 0 Å². The summed E-state index contributed by atoms with van der Waals surface area (Å²) in [7, 11) is 0. The Morgan fingerprint density at radius 1 is 1.39 bits per heavy atom. The molecule has 18 heavy (non-hydrogen) atoms. The van der Waals surface area contributed by atoms with Gasteiger partial charge in [0.1, 0.15) is 5.82 Å². The average Bonchev–Trinajstić information content (AvgIpc) is 2.35. The van der Waals surface area contributed by atoms with Crippen molar-refractivity contribution in [1.29, 1.82) is 0 Å². The van der Waals surface area contributed by atoms with Gasteiger partial charge in [-0.1, -0.05) is 11.6 Å². The van der Waals surface area contributed by atoms with Crippen LogP contribution in [0.2, 0.25) is 5.02 Å². The maximum Gasteiger partial charge on any atom is 0.256 e. The summed E-state index contributed by atoms with van der Waals surface area (Å²) in [6.45, 7) is 0. The van der Waals surface area contributed by atoms with Gasteiger partial charge in [-0.15, -0.1) is 0 Å². The highest BCUT2D eigenvalue weighted by Crippen LogP contribution is 2.20. The van der Waals surface area contributed by atoms with E-state index in [-0.39, 0.29) is 10.3 Å². The van der Waals surface area contributed by atoms with E-state index in [1.165, 1.54) is 24.4 Å². The van der Waals surface area contributed by atoms with E-state index >= 15 is 0 Å². The predicted molar refractivity (Wildman–Crippen MR) is 71.3 cm³/mol. The molecule has 2 aromatic rings. The molecule has 92 valence electrons. The Morgan fingerprint density at radius 2 is 2.17 bits per heavy atom. The van der Waals surface area contributed by atoms with Crippen LogP contribution >= 0.6 is 27.5 Å². The summed E-state index contributed by atoms with van der Waals surface area (Å²) >= 11 is 8.88. The Kier molecular flexibility index (Phi) is 3.93. The summed E-state index contributed by atoms with van der Waals surface area (Å²) in [5.41, 5.74) is 0.310. The van der Waals surface area contributed by atoms with Crippen LogP contribution < -0.4 is 5.32 Å². The third-order valence-corrected chi connectivity index (χ3v) is 3.08. The molecule has 1 heterocycles. The van der Waals surface area contributed by atoms with Crippen molar-refractivity contribution in [3.8, 4) is 0 Å². The minimum atomic E-state index is -0.428. The van der Waals surface area contributed by atoms with Crippen molar-refractivity contribution in [2.24, 2.45) is 0 Å². The average molecular weight is 330 g/mol. The van der Waals surface area contributed by atoms with E-state index in [0.29, 0.717) is 10.6 Å². The number of halogens is 3. The van der Waals surface area contributed by atoms with Gasteiger partial charge in [-0.25, -0.2) is 9.37 Å². The molecular formula is C12H7BrClFN2O. The quantitative estimate of drug-likeness (QED) is 0.908. The van der Waals surface area contributed by atoms with Crippen molar-refractivity contribution in [3.63, 3.8) is 0 Å². The van der Waals surface area contributed by atoms with Gasteiger partial charge < -0.3 is 5.32 Å². The summed E-state index contributed by atoms with van der Waals surface area (Å²) in [5, 5.41) is 2.89. The van der Waals surface area contributed by atoms with Gasteiger partial charge in [0.05, 0.1) is 9.50 Å². The highest BCUT2D eigenvalue weighted by atomic mass is 79.9. The number of rotatable bonds is 2. The monoisotopic (exact) mass is 328 g/mol. The summed E-state index contributed by atoms with van der Waals surface area (Å²) in [5.74, 6) is -0.566. The van der Waals surface area contributed by atoms with Gasteiger partial charge in [0.2, 0.25) is 0 Å². The Labute approximate surface area is 116 Å². The zero-order valence-corrected chi connectivity index (χ0v) is 11.3. The Hall–Kier alpha value is -1.46. The van der Waals surface area contributed by atoms with E-state index in [9.17, 15) is 9.18 Å². The van der Waals surface area contributed by atoms with Gasteiger partial charge in [0.25, 0.3) is 5.91 Å². The van der Waals surface area contributed by atoms with Crippen molar-refractivity contribution < 1.29 is 9.18 Å². The second kappa shape index (κ2) is 5.46. The van der Waals surface area contributed by atoms with Crippen LogP contribution in [-0.2, 0) is 0 Å². The fourth-order valence-electron chi connectivity index (χ4n) is 1.29. The van der Waals surface area contributed by atoms with E-state index in [0.717, 1.165) is 0 Å². The van der Waals surface area contributed by atoms with Crippen LogP contribution in [0.25, 0.3) is 0 Å². The molecule has 0 aliphatic rings. The number of carbonyl (C=O) groups excluding carboxylic acids is 1. The summed E-state index contributed by atoms with van der Waals surface area (Å²) < 4.78 is 13.3. The molecule has 3 nitrogen and oxygen atoms in total. The lowest BCUT2D eigenvalue weighted by Crippen LogP contribution is -2.13. The van der Waals surface area contributed by atoms with Crippen molar-refractivity contribution in [1.82, 2.24) is 4.98 Å². The molecule has 0 aliphatic heterocycles. The first-order valence-electron chi connectivity index (χ1n) is 4.95. The van der Waals surface area contributed by atoms with E-state index in [1.807, 2.05) is 0 Å². The number of anilines is 1. The molecule has 2 rings (SSSR count). The van der Waals surface area contributed by atoms with Crippen molar-refractivity contribution in [3.05, 3.63) is 57.4 Å². The number of hydrogen-bond donors (Lipinski definition) is 1. The number of carbonyl (C=O) groups is 1. The molecule has 1 amide bonds. The number of pyridine rings is 1. The molecule has 0 saturated carbocycles. The molecule has 1 N–H and O–H groups in total. The van der Waals surface area contributed by atoms with Crippen LogP contribution in [0.1, 0.15) is 10.4 Å². The Balaban J connectivity index is 2.22. The number of amides is 1. The van der Waals surface area contributed by atoms with Gasteiger partial charge in [-0.2, -0.15) is 0 Å².